The standard InChI is InChI=1S/C11H10N2O4/c1-16-7-4-2-3-6(5-7)8-9(10(14)15)17-11(12)13-8/h2-5H,1H3,(H2,12,13)(H,14,15). The van der Waals surface area contributed by atoms with Crippen LogP contribution in [-0.4, -0.2) is 23.2 Å². The smallest absolute Gasteiger partial charge is 0.374 e. The second-order valence-electron chi connectivity index (χ2n) is 3.27. The van der Waals surface area contributed by atoms with Crippen molar-refractivity contribution in [3.05, 3.63) is 30.0 Å². The van der Waals surface area contributed by atoms with Crippen molar-refractivity contribution in [1.29, 1.82) is 0 Å². The van der Waals surface area contributed by atoms with Gasteiger partial charge in [0, 0.05) is 5.56 Å². The monoisotopic (exact) mass is 234 g/mol. The van der Waals surface area contributed by atoms with Gasteiger partial charge >= 0.3 is 5.97 Å². The van der Waals surface area contributed by atoms with Gasteiger partial charge in [-0.2, -0.15) is 4.98 Å². The number of ether oxygens (including phenoxy) is 1. The number of methoxy groups -OCH3 is 1. The Kier molecular flexibility index (Phi) is 2.70. The van der Waals surface area contributed by atoms with E-state index in [0.29, 0.717) is 11.3 Å². The molecule has 6 nitrogen and oxygen atoms in total. The molecule has 0 unspecified atom stereocenters. The van der Waals surface area contributed by atoms with Gasteiger partial charge in [0.25, 0.3) is 6.01 Å². The molecule has 6 heteroatoms. The Balaban J connectivity index is 2.55. The second kappa shape index (κ2) is 4.17. The van der Waals surface area contributed by atoms with Gasteiger partial charge in [-0.25, -0.2) is 4.79 Å². The fraction of sp³-hybridized carbons (Fsp3) is 0.0909. The quantitative estimate of drug-likeness (QED) is 0.837. The van der Waals surface area contributed by atoms with Crippen molar-refractivity contribution in [2.75, 3.05) is 12.8 Å². The van der Waals surface area contributed by atoms with E-state index in [1.807, 2.05) is 0 Å². The fourth-order valence-corrected chi connectivity index (χ4v) is 1.45. The molecule has 0 spiro atoms. The SMILES string of the molecule is COc1cccc(-c2nc(N)oc2C(=O)O)c1. The van der Waals surface area contributed by atoms with Crippen LogP contribution in [0.5, 0.6) is 5.75 Å². The summed E-state index contributed by atoms with van der Waals surface area (Å²) in [6, 6.07) is 6.65. The van der Waals surface area contributed by atoms with Crippen LogP contribution in [0.15, 0.2) is 28.7 Å². The van der Waals surface area contributed by atoms with Crippen LogP contribution in [0, 0.1) is 0 Å². The first-order chi connectivity index (χ1) is 8.11. The molecule has 1 heterocycles. The average molecular weight is 234 g/mol. The maximum absolute atomic E-state index is 10.9. The molecule has 1 aromatic carbocycles. The molecule has 0 amide bonds. The number of benzene rings is 1. The van der Waals surface area contributed by atoms with Crippen molar-refractivity contribution in [2.24, 2.45) is 0 Å². The van der Waals surface area contributed by atoms with Gasteiger partial charge in [0.15, 0.2) is 0 Å². The lowest BCUT2D eigenvalue weighted by molar-refractivity contribution is 0.0665. The normalized spacial score (nSPS) is 10.2. The summed E-state index contributed by atoms with van der Waals surface area (Å²) in [7, 11) is 1.52. The van der Waals surface area contributed by atoms with Crippen LogP contribution in [0.1, 0.15) is 10.6 Å². The van der Waals surface area contributed by atoms with Crippen molar-refractivity contribution in [1.82, 2.24) is 4.98 Å². The second-order valence-corrected chi connectivity index (χ2v) is 3.27. The molecule has 0 aliphatic rings. The molecule has 0 atom stereocenters. The van der Waals surface area contributed by atoms with Crippen LogP contribution in [0.3, 0.4) is 0 Å². The Bertz CT molecular complexity index is 562. The number of nitrogens with zero attached hydrogens (tertiary/aromatic N) is 1. The Morgan fingerprint density at radius 1 is 1.53 bits per heavy atom. The first-order valence-corrected chi connectivity index (χ1v) is 4.76. The van der Waals surface area contributed by atoms with Gasteiger partial charge in [-0.3, -0.25) is 0 Å². The lowest BCUT2D eigenvalue weighted by Gasteiger charge is -2.01. The number of hydrogen-bond acceptors (Lipinski definition) is 5. The zero-order valence-electron chi connectivity index (χ0n) is 9.01. The van der Waals surface area contributed by atoms with E-state index in [4.69, 9.17) is 20.0 Å². The van der Waals surface area contributed by atoms with Gasteiger partial charge in [-0.05, 0) is 12.1 Å². The van der Waals surface area contributed by atoms with Crippen LogP contribution >= 0.6 is 0 Å². The zero-order valence-corrected chi connectivity index (χ0v) is 9.01. The summed E-state index contributed by atoms with van der Waals surface area (Å²) >= 11 is 0. The highest BCUT2D eigenvalue weighted by Gasteiger charge is 2.20. The molecule has 0 fully saturated rings. The molecular formula is C11H10N2O4. The van der Waals surface area contributed by atoms with Crippen molar-refractivity contribution < 1.29 is 19.1 Å². The topological polar surface area (TPSA) is 98.6 Å². The van der Waals surface area contributed by atoms with Crippen LogP contribution in [-0.2, 0) is 0 Å². The van der Waals surface area contributed by atoms with Crippen LogP contribution in [0.2, 0.25) is 0 Å². The number of anilines is 1. The lowest BCUT2D eigenvalue weighted by atomic mass is 10.1. The van der Waals surface area contributed by atoms with Crippen molar-refractivity contribution in [2.45, 2.75) is 0 Å². The summed E-state index contributed by atoms with van der Waals surface area (Å²) in [5, 5.41) is 8.95. The van der Waals surface area contributed by atoms with Gasteiger partial charge in [-0.1, -0.05) is 12.1 Å². The zero-order chi connectivity index (χ0) is 12.4. The number of carboxylic acid groups (broad SMARTS) is 1. The summed E-state index contributed by atoms with van der Waals surface area (Å²) in [6.07, 6.45) is 0. The Hall–Kier alpha value is -2.50. The van der Waals surface area contributed by atoms with E-state index >= 15 is 0 Å². The van der Waals surface area contributed by atoms with Crippen molar-refractivity contribution in [3.8, 4) is 17.0 Å². The third-order valence-electron chi connectivity index (χ3n) is 2.18. The maximum atomic E-state index is 10.9. The van der Waals surface area contributed by atoms with E-state index in [1.54, 1.807) is 24.3 Å². The highest BCUT2D eigenvalue weighted by molar-refractivity contribution is 5.92. The predicted molar refractivity (Wildman–Crippen MR) is 59.9 cm³/mol. The summed E-state index contributed by atoms with van der Waals surface area (Å²) in [5.74, 6) is -0.900. The molecule has 0 aliphatic heterocycles. The van der Waals surface area contributed by atoms with Crippen LogP contribution in [0.4, 0.5) is 6.01 Å². The fourth-order valence-electron chi connectivity index (χ4n) is 1.45. The number of carbonyl (C=O) groups is 1. The minimum absolute atomic E-state index is 0.180. The number of nitrogen functional groups attached to an aromatic ring is 1. The third kappa shape index (κ3) is 2.05. The number of hydrogen-bond donors (Lipinski definition) is 2. The van der Waals surface area contributed by atoms with E-state index < -0.39 is 5.97 Å². The van der Waals surface area contributed by atoms with Gasteiger partial charge in [0.2, 0.25) is 5.76 Å². The van der Waals surface area contributed by atoms with E-state index in [2.05, 4.69) is 4.98 Å². The van der Waals surface area contributed by atoms with E-state index in [0.717, 1.165) is 0 Å². The predicted octanol–water partition coefficient (Wildman–Crippen LogP) is 1.63. The number of aromatic carboxylic acids is 1. The molecule has 0 saturated heterocycles. The van der Waals surface area contributed by atoms with Gasteiger partial charge in [-0.15, -0.1) is 0 Å². The summed E-state index contributed by atoms with van der Waals surface area (Å²) in [6.45, 7) is 0. The number of carboxylic acids is 1. The lowest BCUT2D eigenvalue weighted by Crippen LogP contribution is -1.96. The number of oxazole rings is 1. The Morgan fingerprint density at radius 3 is 2.94 bits per heavy atom. The molecule has 2 aromatic rings. The Labute approximate surface area is 96.6 Å². The van der Waals surface area contributed by atoms with Gasteiger partial charge in [0.1, 0.15) is 11.4 Å². The molecule has 88 valence electrons. The average Bonchev–Trinajstić information content (AvgIpc) is 2.72. The molecule has 0 aliphatic carbocycles. The van der Waals surface area contributed by atoms with E-state index in [-0.39, 0.29) is 17.5 Å². The van der Waals surface area contributed by atoms with Crippen LogP contribution in [0.25, 0.3) is 11.3 Å². The van der Waals surface area contributed by atoms with Crippen LogP contribution < -0.4 is 10.5 Å². The first-order valence-electron chi connectivity index (χ1n) is 4.76. The molecule has 17 heavy (non-hydrogen) atoms. The van der Waals surface area contributed by atoms with E-state index in [1.165, 1.54) is 7.11 Å². The largest absolute Gasteiger partial charge is 0.497 e. The highest BCUT2D eigenvalue weighted by Crippen LogP contribution is 2.27. The van der Waals surface area contributed by atoms with Crippen molar-refractivity contribution in [3.63, 3.8) is 0 Å². The summed E-state index contributed by atoms with van der Waals surface area (Å²) in [5.41, 5.74) is 6.11. The molecule has 2 rings (SSSR count). The highest BCUT2D eigenvalue weighted by atomic mass is 16.5. The molecule has 0 saturated carbocycles. The molecular weight excluding hydrogens is 224 g/mol. The third-order valence-corrected chi connectivity index (χ3v) is 2.18. The van der Waals surface area contributed by atoms with Crippen molar-refractivity contribution >= 4 is 12.0 Å². The van der Waals surface area contributed by atoms with Gasteiger partial charge in [0.05, 0.1) is 7.11 Å². The minimum Gasteiger partial charge on any atom is -0.497 e. The van der Waals surface area contributed by atoms with E-state index in [9.17, 15) is 4.79 Å². The molecule has 1 aromatic heterocycles. The first kappa shape index (κ1) is 11.0. The molecule has 0 radical (unpaired) electrons. The van der Waals surface area contributed by atoms with Gasteiger partial charge < -0.3 is 20.0 Å². The number of aromatic nitrogens is 1. The molecule has 0 bridgehead atoms. The summed E-state index contributed by atoms with van der Waals surface area (Å²) < 4.78 is 9.88. The summed E-state index contributed by atoms with van der Waals surface area (Å²) in [4.78, 5) is 14.8. The maximum Gasteiger partial charge on any atom is 0.374 e. The minimum atomic E-state index is -1.22. The number of rotatable bonds is 3. The molecule has 3 N–H and O–H groups in total. The Morgan fingerprint density at radius 2 is 2.29 bits per heavy atom. The number of nitrogens with two attached hydrogens (primary N) is 1.